The van der Waals surface area contributed by atoms with E-state index in [1.54, 1.807) is 30.3 Å². The quantitative estimate of drug-likeness (QED) is 0.270. The molecule has 9 nitrogen and oxygen atoms in total. The molecule has 4 aromatic rings. The van der Waals surface area contributed by atoms with Gasteiger partial charge in [0.25, 0.3) is 0 Å². The van der Waals surface area contributed by atoms with Crippen LogP contribution in [0.15, 0.2) is 54.7 Å². The summed E-state index contributed by atoms with van der Waals surface area (Å²) in [6, 6.07) is 19.6. The van der Waals surface area contributed by atoms with Crippen LogP contribution < -0.4 is 0 Å². The summed E-state index contributed by atoms with van der Waals surface area (Å²) >= 11 is 0. The molecule has 0 spiro atoms. The third-order valence-electron chi connectivity index (χ3n) is 5.00. The number of pyridine rings is 1. The van der Waals surface area contributed by atoms with Gasteiger partial charge in [-0.05, 0) is 55.8 Å². The first-order valence-electron chi connectivity index (χ1n) is 10.6. The van der Waals surface area contributed by atoms with E-state index >= 15 is 0 Å². The Morgan fingerprint density at radius 2 is 1.61 bits per heavy atom. The molecule has 185 valence electrons. The van der Waals surface area contributed by atoms with Crippen molar-refractivity contribution in [3.05, 3.63) is 112 Å². The van der Waals surface area contributed by atoms with E-state index in [2.05, 4.69) is 36.8 Å². The fourth-order valence-electron chi connectivity index (χ4n) is 3.17. The van der Waals surface area contributed by atoms with Crippen molar-refractivity contribution in [1.29, 1.82) is 10.5 Å². The molecule has 0 fully saturated rings. The van der Waals surface area contributed by atoms with Gasteiger partial charge in [-0.15, -0.1) is 23.8 Å². The number of aromatic carboxylic acids is 1. The average Bonchev–Trinajstić information content (AvgIpc) is 2.94. The van der Waals surface area contributed by atoms with Crippen molar-refractivity contribution in [3.8, 4) is 34.7 Å². The van der Waals surface area contributed by atoms with Crippen LogP contribution >= 0.6 is 0 Å². The summed E-state index contributed by atoms with van der Waals surface area (Å²) in [5.41, 5.74) is 4.58. The van der Waals surface area contributed by atoms with Gasteiger partial charge < -0.3 is 5.11 Å². The van der Waals surface area contributed by atoms with Crippen molar-refractivity contribution in [2.45, 2.75) is 13.8 Å². The normalized spacial score (nSPS) is 9.21. The first-order chi connectivity index (χ1) is 17.8. The van der Waals surface area contributed by atoms with Crippen LogP contribution in [0.1, 0.15) is 33.0 Å². The summed E-state index contributed by atoms with van der Waals surface area (Å²) in [7, 11) is 0. The minimum absolute atomic E-state index is 0. The summed E-state index contributed by atoms with van der Waals surface area (Å²) in [5.74, 6) is -0.990. The first kappa shape index (κ1) is 29.0. The van der Waals surface area contributed by atoms with Gasteiger partial charge in [0.05, 0.1) is 36.3 Å². The molecule has 0 bridgehead atoms. The molecule has 0 aliphatic heterocycles. The number of benzene rings is 2. The number of nitrogens with zero attached hydrogens (tertiary/aromatic N) is 7. The molecule has 2 aromatic heterocycles. The summed E-state index contributed by atoms with van der Waals surface area (Å²) in [5, 5.41) is 26.9. The molecule has 38 heavy (non-hydrogen) atoms. The number of aromatic nitrogens is 3. The average molecular weight is 675 g/mol. The van der Waals surface area contributed by atoms with Gasteiger partial charge in [-0.1, -0.05) is 11.6 Å². The maximum atomic E-state index is 10.1. The number of aryl methyl sites for hydroxylation is 2. The fourth-order valence-corrected chi connectivity index (χ4v) is 3.17. The molecule has 1 N–H and O–H groups in total. The van der Waals surface area contributed by atoms with Crippen LogP contribution in [0.5, 0.6) is 0 Å². The van der Waals surface area contributed by atoms with Crippen LogP contribution in [0.3, 0.4) is 0 Å². The van der Waals surface area contributed by atoms with E-state index in [0.717, 1.165) is 0 Å². The fraction of sp³-hybridized carbons (Fsp3) is 0.0714. The second-order valence-corrected chi connectivity index (χ2v) is 7.49. The Bertz CT molecular complexity index is 1510. The molecule has 0 atom stereocenters. The van der Waals surface area contributed by atoms with Gasteiger partial charge >= 0.3 is 5.97 Å². The van der Waals surface area contributed by atoms with E-state index < -0.39 is 5.97 Å². The van der Waals surface area contributed by atoms with Gasteiger partial charge in [-0.25, -0.2) is 19.9 Å². The van der Waals surface area contributed by atoms with Gasteiger partial charge in [0, 0.05) is 37.6 Å². The molecular formula is C28H16IrN7O2-. The van der Waals surface area contributed by atoms with Crippen molar-refractivity contribution < 1.29 is 30.0 Å². The smallest absolute Gasteiger partial charge is 0.354 e. The van der Waals surface area contributed by atoms with Crippen molar-refractivity contribution >= 4 is 17.3 Å². The molecule has 0 unspecified atom stereocenters. The number of carbonyl (C=O) groups is 1. The van der Waals surface area contributed by atoms with Crippen molar-refractivity contribution in [2.24, 2.45) is 0 Å². The second kappa shape index (κ2) is 13.2. The number of hydrogen-bond acceptors (Lipinski definition) is 6. The van der Waals surface area contributed by atoms with Gasteiger partial charge in [-0.3, -0.25) is 14.8 Å². The van der Waals surface area contributed by atoms with Gasteiger partial charge in [0.1, 0.15) is 11.4 Å². The predicted molar refractivity (Wildman–Crippen MR) is 134 cm³/mol. The standard InChI is InChI=1S/C22H11N6.C6H5NO2.Ir/c1-13-14(2)28-22(18-6-16(12-24)8-20(10-18)26-4)21(27-13)17-5-15(11-23)7-19(9-17)25-3;8-6(9)5-3-1-2-4-7-5;/h5,7-10H,1-2H3;1-4H,(H,8,9);/q-1;;. The zero-order valence-corrected chi connectivity index (χ0v) is 22.4. The zero-order chi connectivity index (χ0) is 26.9. The van der Waals surface area contributed by atoms with E-state index in [0.29, 0.717) is 50.8 Å². The maximum absolute atomic E-state index is 10.1. The molecular weight excluding hydrogens is 659 g/mol. The summed E-state index contributed by atoms with van der Waals surface area (Å²) < 4.78 is 0. The molecule has 10 heteroatoms. The molecule has 1 radical (unpaired) electrons. The van der Waals surface area contributed by atoms with Crippen molar-refractivity contribution in [2.75, 3.05) is 0 Å². The number of carboxylic acid groups (broad SMARTS) is 1. The predicted octanol–water partition coefficient (Wildman–Crippen LogP) is 5.85. The van der Waals surface area contributed by atoms with Crippen LogP contribution in [-0.2, 0) is 20.1 Å². The van der Waals surface area contributed by atoms with Crippen LogP contribution in [-0.4, -0.2) is 26.0 Å². The van der Waals surface area contributed by atoms with Gasteiger partial charge in [-0.2, -0.15) is 5.26 Å². The molecule has 2 heterocycles. The third-order valence-corrected chi connectivity index (χ3v) is 5.00. The van der Waals surface area contributed by atoms with Crippen LogP contribution in [0.2, 0.25) is 0 Å². The number of hydrogen-bond donors (Lipinski definition) is 1. The van der Waals surface area contributed by atoms with E-state index in [9.17, 15) is 15.3 Å². The number of rotatable bonds is 3. The van der Waals surface area contributed by atoms with Crippen LogP contribution in [0, 0.1) is 55.7 Å². The van der Waals surface area contributed by atoms with Crippen molar-refractivity contribution in [1.82, 2.24) is 15.0 Å². The van der Waals surface area contributed by atoms with E-state index in [1.807, 2.05) is 19.9 Å². The Morgan fingerprint density at radius 3 is 2.13 bits per heavy atom. The molecule has 0 aliphatic carbocycles. The van der Waals surface area contributed by atoms with Crippen LogP contribution in [0.25, 0.3) is 32.2 Å². The minimum Gasteiger partial charge on any atom is -0.477 e. The van der Waals surface area contributed by atoms with Crippen molar-refractivity contribution in [3.63, 3.8) is 0 Å². The summed E-state index contributed by atoms with van der Waals surface area (Å²) in [6.07, 6.45) is 1.45. The monoisotopic (exact) mass is 675 g/mol. The molecule has 2 aromatic carbocycles. The largest absolute Gasteiger partial charge is 0.477 e. The molecule has 0 amide bonds. The Hall–Kier alpha value is -5.25. The topological polar surface area (TPSA) is 132 Å². The number of nitriles is 2. The molecule has 0 saturated heterocycles. The summed E-state index contributed by atoms with van der Waals surface area (Å²) in [4.78, 5) is 29.8. The summed E-state index contributed by atoms with van der Waals surface area (Å²) in [6.45, 7) is 18.2. The third kappa shape index (κ3) is 6.91. The molecule has 4 rings (SSSR count). The van der Waals surface area contributed by atoms with E-state index in [1.165, 1.54) is 24.4 Å². The Labute approximate surface area is 232 Å². The number of carboxylic acids is 1. The van der Waals surface area contributed by atoms with E-state index in [4.69, 9.17) is 18.3 Å². The first-order valence-corrected chi connectivity index (χ1v) is 10.6. The van der Waals surface area contributed by atoms with Gasteiger partial charge in [0.15, 0.2) is 5.69 Å². The molecule has 0 aliphatic rings. The SMILES string of the molecule is O=C(O)c1ccccn1.[C-]#[N+]c1cc(C#N)[c-]c(-c2nc(C)c(C)nc2-c2cc(C#N)cc([N+]#[C-])c2)c1.[Ir]. The van der Waals surface area contributed by atoms with Gasteiger partial charge in [0.2, 0.25) is 0 Å². The Kier molecular flexibility index (Phi) is 10.0. The molecule has 0 saturated carbocycles. The van der Waals surface area contributed by atoms with Crippen LogP contribution in [0.4, 0.5) is 11.4 Å². The minimum atomic E-state index is -0.990. The Morgan fingerprint density at radius 1 is 0.947 bits per heavy atom. The van der Waals surface area contributed by atoms with E-state index in [-0.39, 0.29) is 31.4 Å². The zero-order valence-electron chi connectivity index (χ0n) is 20.0. The second-order valence-electron chi connectivity index (χ2n) is 7.49. The Balaban J connectivity index is 0.000000430. The maximum Gasteiger partial charge on any atom is 0.354 e.